The minimum absolute atomic E-state index is 0.153. The Labute approximate surface area is 165 Å². The lowest BCUT2D eigenvalue weighted by Gasteiger charge is -2.22. The quantitative estimate of drug-likeness (QED) is 0.259. The fourth-order valence-corrected chi connectivity index (χ4v) is 2.94. The highest BCUT2D eigenvalue weighted by molar-refractivity contribution is 14.1. The molecule has 1 unspecified atom stereocenters. The SMILES string of the molecule is C=C(I)CC(NC(=S)NCCOC(C)=O)c1cccc(Cl)c1Cl. The van der Waals surface area contributed by atoms with Crippen LogP contribution in [-0.2, 0) is 9.53 Å². The van der Waals surface area contributed by atoms with Gasteiger partial charge in [0.2, 0.25) is 0 Å². The number of carbonyl (C=O) groups excluding carboxylic acids is 1. The van der Waals surface area contributed by atoms with Crippen LogP contribution in [0.3, 0.4) is 0 Å². The van der Waals surface area contributed by atoms with Crippen LogP contribution in [0.4, 0.5) is 0 Å². The third-order valence-electron chi connectivity index (χ3n) is 2.78. The highest BCUT2D eigenvalue weighted by Crippen LogP contribution is 2.33. The lowest BCUT2D eigenvalue weighted by molar-refractivity contribution is -0.140. The maximum Gasteiger partial charge on any atom is 0.302 e. The number of esters is 1. The molecule has 0 heterocycles. The Morgan fingerprint density at radius 2 is 2.17 bits per heavy atom. The van der Waals surface area contributed by atoms with Crippen molar-refractivity contribution in [3.63, 3.8) is 0 Å². The van der Waals surface area contributed by atoms with Crippen molar-refractivity contribution in [3.8, 4) is 0 Å². The molecule has 0 saturated heterocycles. The van der Waals surface area contributed by atoms with Crippen molar-refractivity contribution in [1.29, 1.82) is 0 Å². The molecule has 0 aromatic heterocycles. The minimum Gasteiger partial charge on any atom is -0.464 e. The molecule has 0 bridgehead atoms. The van der Waals surface area contributed by atoms with Gasteiger partial charge in [-0.05, 0) is 50.0 Å². The Bertz CT molecular complexity index is 599. The van der Waals surface area contributed by atoms with E-state index in [0.29, 0.717) is 28.1 Å². The van der Waals surface area contributed by atoms with E-state index < -0.39 is 0 Å². The summed E-state index contributed by atoms with van der Waals surface area (Å²) in [4.78, 5) is 10.7. The van der Waals surface area contributed by atoms with Gasteiger partial charge in [0, 0.05) is 13.3 Å². The summed E-state index contributed by atoms with van der Waals surface area (Å²) in [6, 6.07) is 5.32. The summed E-state index contributed by atoms with van der Waals surface area (Å²) in [5.41, 5.74) is 0.848. The summed E-state index contributed by atoms with van der Waals surface area (Å²) in [5.74, 6) is -0.324. The number of halogens is 3. The molecular formula is C15H17Cl2IN2O2S. The van der Waals surface area contributed by atoms with E-state index in [1.165, 1.54) is 6.92 Å². The molecule has 1 rings (SSSR count). The Morgan fingerprint density at radius 1 is 1.48 bits per heavy atom. The number of rotatable bonds is 7. The summed E-state index contributed by atoms with van der Waals surface area (Å²) in [5, 5.41) is 7.60. The number of benzene rings is 1. The Balaban J connectivity index is 2.71. The average molecular weight is 487 g/mol. The first-order valence-electron chi connectivity index (χ1n) is 6.76. The fourth-order valence-electron chi connectivity index (χ4n) is 1.82. The molecule has 1 aromatic rings. The molecule has 23 heavy (non-hydrogen) atoms. The lowest BCUT2D eigenvalue weighted by Crippen LogP contribution is -2.39. The molecule has 0 fully saturated rings. The van der Waals surface area contributed by atoms with Crippen LogP contribution < -0.4 is 10.6 Å². The van der Waals surface area contributed by atoms with Crippen molar-refractivity contribution < 1.29 is 9.53 Å². The van der Waals surface area contributed by atoms with Crippen molar-refractivity contribution in [1.82, 2.24) is 10.6 Å². The molecule has 0 aliphatic heterocycles. The van der Waals surface area contributed by atoms with Crippen molar-refractivity contribution in [2.45, 2.75) is 19.4 Å². The summed E-state index contributed by atoms with van der Waals surface area (Å²) >= 11 is 19.8. The number of ether oxygens (including phenoxy) is 1. The molecule has 0 radical (unpaired) electrons. The van der Waals surface area contributed by atoms with E-state index in [9.17, 15) is 4.79 Å². The van der Waals surface area contributed by atoms with Crippen LogP contribution in [0, 0.1) is 0 Å². The standard InChI is InChI=1S/C15H17Cl2IN2O2S/c1-9(18)8-13(11-4-3-5-12(16)14(11)17)20-15(23)19-6-7-22-10(2)21/h3-5,13H,1,6-8H2,2H3,(H2,19,20,23). The molecule has 8 heteroatoms. The van der Waals surface area contributed by atoms with Crippen LogP contribution in [0.5, 0.6) is 0 Å². The van der Waals surface area contributed by atoms with Crippen molar-refractivity contribution in [3.05, 3.63) is 44.0 Å². The summed E-state index contributed by atoms with van der Waals surface area (Å²) in [6.45, 7) is 5.96. The van der Waals surface area contributed by atoms with E-state index in [4.69, 9.17) is 40.2 Å². The molecule has 1 atom stereocenters. The second kappa shape index (κ2) is 10.3. The van der Waals surface area contributed by atoms with Gasteiger partial charge in [-0.1, -0.05) is 41.9 Å². The smallest absolute Gasteiger partial charge is 0.302 e. The lowest BCUT2D eigenvalue weighted by atomic mass is 10.0. The van der Waals surface area contributed by atoms with Crippen molar-refractivity contribution >= 4 is 69.1 Å². The average Bonchev–Trinajstić information content (AvgIpc) is 2.45. The topological polar surface area (TPSA) is 50.4 Å². The molecule has 0 spiro atoms. The third kappa shape index (κ3) is 7.69. The van der Waals surface area contributed by atoms with Gasteiger partial charge in [0.15, 0.2) is 5.11 Å². The van der Waals surface area contributed by atoms with Crippen molar-refractivity contribution in [2.24, 2.45) is 0 Å². The molecule has 126 valence electrons. The van der Waals surface area contributed by atoms with Gasteiger partial charge in [-0.3, -0.25) is 4.79 Å². The number of thiocarbonyl (C=S) groups is 1. The second-order valence-corrected chi connectivity index (χ2v) is 7.38. The van der Waals surface area contributed by atoms with Gasteiger partial charge in [-0.15, -0.1) is 0 Å². The van der Waals surface area contributed by atoms with Gasteiger partial charge < -0.3 is 15.4 Å². The van der Waals surface area contributed by atoms with Gasteiger partial charge in [0.25, 0.3) is 0 Å². The normalized spacial score (nSPS) is 11.5. The van der Waals surface area contributed by atoms with Gasteiger partial charge in [-0.25, -0.2) is 0 Å². The molecular weight excluding hydrogens is 470 g/mol. The van der Waals surface area contributed by atoms with E-state index in [-0.39, 0.29) is 18.6 Å². The molecule has 1 aromatic carbocycles. The first-order chi connectivity index (χ1) is 10.8. The number of carbonyl (C=O) groups is 1. The second-order valence-electron chi connectivity index (χ2n) is 4.66. The zero-order valence-corrected chi connectivity index (χ0v) is 17.0. The van der Waals surface area contributed by atoms with Crippen LogP contribution in [0.15, 0.2) is 28.4 Å². The molecule has 2 N–H and O–H groups in total. The van der Waals surface area contributed by atoms with Crippen LogP contribution >= 0.6 is 58.0 Å². The minimum atomic E-state index is -0.324. The predicted molar refractivity (Wildman–Crippen MR) is 107 cm³/mol. The zero-order chi connectivity index (χ0) is 17.4. The highest BCUT2D eigenvalue weighted by atomic mass is 127. The molecule has 0 aliphatic carbocycles. The fraction of sp³-hybridized carbons (Fsp3) is 0.333. The molecule has 4 nitrogen and oxygen atoms in total. The maximum absolute atomic E-state index is 10.7. The van der Waals surface area contributed by atoms with Gasteiger partial charge in [-0.2, -0.15) is 0 Å². The Morgan fingerprint density at radius 3 is 2.78 bits per heavy atom. The highest BCUT2D eigenvalue weighted by Gasteiger charge is 2.18. The van der Waals surface area contributed by atoms with Gasteiger partial charge in [0.1, 0.15) is 6.61 Å². The van der Waals surface area contributed by atoms with Crippen LogP contribution in [0.2, 0.25) is 10.0 Å². The van der Waals surface area contributed by atoms with Crippen LogP contribution in [0.25, 0.3) is 0 Å². The summed E-state index contributed by atoms with van der Waals surface area (Å²) in [7, 11) is 0. The van der Waals surface area contributed by atoms with E-state index >= 15 is 0 Å². The molecule has 0 amide bonds. The van der Waals surface area contributed by atoms with E-state index in [2.05, 4.69) is 39.8 Å². The number of nitrogens with one attached hydrogen (secondary N) is 2. The van der Waals surface area contributed by atoms with Crippen LogP contribution in [0.1, 0.15) is 24.9 Å². The van der Waals surface area contributed by atoms with Gasteiger partial charge >= 0.3 is 5.97 Å². The molecule has 0 aliphatic rings. The molecule has 0 saturated carbocycles. The number of hydrogen-bond acceptors (Lipinski definition) is 3. The Kier molecular flexibility index (Phi) is 9.19. The van der Waals surface area contributed by atoms with Crippen LogP contribution in [-0.4, -0.2) is 24.2 Å². The Hall–Kier alpha value is -0.570. The van der Waals surface area contributed by atoms with E-state index in [1.54, 1.807) is 6.07 Å². The summed E-state index contributed by atoms with van der Waals surface area (Å²) in [6.07, 6.45) is 0.645. The van der Waals surface area contributed by atoms with Gasteiger partial charge in [0.05, 0.1) is 22.6 Å². The first kappa shape index (κ1) is 20.5. The van der Waals surface area contributed by atoms with E-state index in [0.717, 1.165) is 9.14 Å². The van der Waals surface area contributed by atoms with Crippen molar-refractivity contribution in [2.75, 3.05) is 13.2 Å². The monoisotopic (exact) mass is 486 g/mol. The predicted octanol–water partition coefficient (Wildman–Crippen LogP) is 4.40. The van der Waals surface area contributed by atoms with E-state index in [1.807, 2.05) is 12.1 Å². The zero-order valence-electron chi connectivity index (χ0n) is 12.5. The number of hydrogen-bond donors (Lipinski definition) is 2. The third-order valence-corrected chi connectivity index (χ3v) is 4.32. The summed E-state index contributed by atoms with van der Waals surface area (Å²) < 4.78 is 5.80. The largest absolute Gasteiger partial charge is 0.464 e. The maximum atomic E-state index is 10.7. The first-order valence-corrected chi connectivity index (χ1v) is 9.00.